The first kappa shape index (κ1) is 17.9. The van der Waals surface area contributed by atoms with E-state index in [0.717, 1.165) is 17.7 Å². The Morgan fingerprint density at radius 2 is 1.81 bits per heavy atom. The van der Waals surface area contributed by atoms with Gasteiger partial charge in [0.1, 0.15) is 0 Å². The van der Waals surface area contributed by atoms with E-state index in [1.54, 1.807) is 6.20 Å². The summed E-state index contributed by atoms with van der Waals surface area (Å²) in [6, 6.07) is 18.3. The number of hydrogen-bond acceptors (Lipinski definition) is 2. The number of hydrogen-bond donors (Lipinski definition) is 1. The molecule has 4 heteroatoms. The Labute approximate surface area is 154 Å². The van der Waals surface area contributed by atoms with Crippen LogP contribution in [-0.2, 0) is 13.0 Å². The fourth-order valence-electron chi connectivity index (χ4n) is 3.29. The molecule has 0 aliphatic heterocycles. The number of carbonyl (C=O) groups is 1. The van der Waals surface area contributed by atoms with Gasteiger partial charge in [-0.15, -0.1) is 0 Å². The van der Waals surface area contributed by atoms with Crippen molar-refractivity contribution in [3.05, 3.63) is 88.7 Å². The second-order valence-corrected chi connectivity index (χ2v) is 6.55. The molecule has 0 aliphatic carbocycles. The SMILES string of the molecule is CCc1c(C(=O)NC(C)c2ccccc2C)cnn1Cc1ccccc1. The van der Waals surface area contributed by atoms with Crippen molar-refractivity contribution in [1.82, 2.24) is 15.1 Å². The molecular formula is C22H25N3O. The third kappa shape index (κ3) is 3.85. The highest BCUT2D eigenvalue weighted by molar-refractivity contribution is 5.95. The zero-order valence-electron chi connectivity index (χ0n) is 15.6. The fourth-order valence-corrected chi connectivity index (χ4v) is 3.29. The summed E-state index contributed by atoms with van der Waals surface area (Å²) in [6.45, 7) is 6.80. The third-order valence-corrected chi connectivity index (χ3v) is 4.71. The summed E-state index contributed by atoms with van der Waals surface area (Å²) in [5.41, 5.74) is 5.10. The van der Waals surface area contributed by atoms with E-state index >= 15 is 0 Å². The van der Waals surface area contributed by atoms with Crippen molar-refractivity contribution in [3.8, 4) is 0 Å². The Morgan fingerprint density at radius 3 is 2.50 bits per heavy atom. The lowest BCUT2D eigenvalue weighted by atomic mass is 10.0. The Bertz CT molecular complexity index is 883. The second-order valence-electron chi connectivity index (χ2n) is 6.55. The summed E-state index contributed by atoms with van der Waals surface area (Å²) < 4.78 is 1.92. The normalized spacial score (nSPS) is 12.0. The molecule has 1 heterocycles. The summed E-state index contributed by atoms with van der Waals surface area (Å²) in [5, 5.41) is 7.57. The largest absolute Gasteiger partial charge is 0.345 e. The average molecular weight is 347 g/mol. The van der Waals surface area contributed by atoms with Gasteiger partial charge in [0, 0.05) is 0 Å². The van der Waals surface area contributed by atoms with E-state index in [4.69, 9.17) is 0 Å². The number of amides is 1. The van der Waals surface area contributed by atoms with Gasteiger partial charge in [-0.2, -0.15) is 5.10 Å². The van der Waals surface area contributed by atoms with Gasteiger partial charge in [0.05, 0.1) is 30.0 Å². The third-order valence-electron chi connectivity index (χ3n) is 4.71. The number of aryl methyl sites for hydroxylation is 1. The van der Waals surface area contributed by atoms with E-state index in [2.05, 4.69) is 48.5 Å². The predicted molar refractivity (Wildman–Crippen MR) is 104 cm³/mol. The van der Waals surface area contributed by atoms with Crippen molar-refractivity contribution >= 4 is 5.91 Å². The summed E-state index contributed by atoms with van der Waals surface area (Å²) in [4.78, 5) is 12.8. The zero-order chi connectivity index (χ0) is 18.5. The van der Waals surface area contributed by atoms with Gasteiger partial charge in [-0.1, -0.05) is 61.5 Å². The van der Waals surface area contributed by atoms with Crippen LogP contribution in [0, 0.1) is 6.92 Å². The van der Waals surface area contributed by atoms with E-state index < -0.39 is 0 Å². The molecule has 3 rings (SSSR count). The number of benzene rings is 2. The maximum Gasteiger partial charge on any atom is 0.255 e. The van der Waals surface area contributed by atoms with Gasteiger partial charge < -0.3 is 5.32 Å². The van der Waals surface area contributed by atoms with Crippen LogP contribution in [0.4, 0.5) is 0 Å². The highest BCUT2D eigenvalue weighted by Gasteiger charge is 2.19. The number of nitrogens with zero attached hydrogens (tertiary/aromatic N) is 2. The van der Waals surface area contributed by atoms with Crippen molar-refractivity contribution in [2.24, 2.45) is 0 Å². The van der Waals surface area contributed by atoms with Crippen molar-refractivity contribution in [2.75, 3.05) is 0 Å². The van der Waals surface area contributed by atoms with Crippen LogP contribution in [0.5, 0.6) is 0 Å². The molecule has 0 fully saturated rings. The van der Waals surface area contributed by atoms with Crippen molar-refractivity contribution in [2.45, 2.75) is 39.8 Å². The van der Waals surface area contributed by atoms with Crippen LogP contribution in [0.2, 0.25) is 0 Å². The molecule has 1 atom stereocenters. The Morgan fingerprint density at radius 1 is 1.12 bits per heavy atom. The first-order valence-electron chi connectivity index (χ1n) is 9.05. The van der Waals surface area contributed by atoms with Gasteiger partial charge in [0.2, 0.25) is 0 Å². The molecule has 0 aliphatic rings. The van der Waals surface area contributed by atoms with Crippen LogP contribution in [0.25, 0.3) is 0 Å². The molecule has 26 heavy (non-hydrogen) atoms. The molecule has 4 nitrogen and oxygen atoms in total. The average Bonchev–Trinajstić information content (AvgIpc) is 3.05. The van der Waals surface area contributed by atoms with E-state index in [-0.39, 0.29) is 11.9 Å². The molecule has 0 spiro atoms. The van der Waals surface area contributed by atoms with Gasteiger partial charge in [-0.05, 0) is 37.0 Å². The van der Waals surface area contributed by atoms with E-state index in [1.807, 2.05) is 41.9 Å². The first-order chi connectivity index (χ1) is 12.6. The molecule has 1 amide bonds. The van der Waals surface area contributed by atoms with Crippen LogP contribution >= 0.6 is 0 Å². The smallest absolute Gasteiger partial charge is 0.255 e. The molecule has 2 aromatic carbocycles. The minimum atomic E-state index is -0.0723. The number of rotatable bonds is 6. The van der Waals surface area contributed by atoms with Crippen molar-refractivity contribution in [1.29, 1.82) is 0 Å². The topological polar surface area (TPSA) is 46.9 Å². The molecule has 3 aromatic rings. The zero-order valence-corrected chi connectivity index (χ0v) is 15.6. The fraction of sp³-hybridized carbons (Fsp3) is 0.273. The molecule has 134 valence electrons. The lowest BCUT2D eigenvalue weighted by Crippen LogP contribution is -2.27. The Hall–Kier alpha value is -2.88. The van der Waals surface area contributed by atoms with Crippen LogP contribution in [-0.4, -0.2) is 15.7 Å². The van der Waals surface area contributed by atoms with Gasteiger partial charge in [0.25, 0.3) is 5.91 Å². The van der Waals surface area contributed by atoms with Gasteiger partial charge in [0.15, 0.2) is 0 Å². The molecule has 1 unspecified atom stereocenters. The van der Waals surface area contributed by atoms with E-state index in [9.17, 15) is 4.79 Å². The van der Waals surface area contributed by atoms with Gasteiger partial charge in [-0.3, -0.25) is 9.48 Å². The van der Waals surface area contributed by atoms with Crippen LogP contribution in [0.3, 0.4) is 0 Å². The summed E-state index contributed by atoms with van der Waals surface area (Å²) in [6.07, 6.45) is 2.44. The molecule has 0 saturated carbocycles. The molecule has 0 bridgehead atoms. The monoisotopic (exact) mass is 347 g/mol. The highest BCUT2D eigenvalue weighted by atomic mass is 16.1. The number of carbonyl (C=O) groups excluding carboxylic acids is 1. The molecular weight excluding hydrogens is 322 g/mol. The van der Waals surface area contributed by atoms with Crippen LogP contribution < -0.4 is 5.32 Å². The summed E-state index contributed by atoms with van der Waals surface area (Å²) in [7, 11) is 0. The molecule has 1 N–H and O–H groups in total. The predicted octanol–water partition coefficient (Wildman–Crippen LogP) is 4.29. The lowest BCUT2D eigenvalue weighted by molar-refractivity contribution is 0.0938. The number of nitrogens with one attached hydrogen (secondary N) is 1. The van der Waals surface area contributed by atoms with Crippen LogP contribution in [0.1, 0.15) is 52.6 Å². The quantitative estimate of drug-likeness (QED) is 0.723. The highest BCUT2D eigenvalue weighted by Crippen LogP contribution is 2.19. The van der Waals surface area contributed by atoms with Crippen molar-refractivity contribution in [3.63, 3.8) is 0 Å². The molecule has 0 radical (unpaired) electrons. The Kier molecular flexibility index (Phi) is 5.52. The van der Waals surface area contributed by atoms with Crippen LogP contribution in [0.15, 0.2) is 60.8 Å². The number of aromatic nitrogens is 2. The van der Waals surface area contributed by atoms with E-state index in [0.29, 0.717) is 12.1 Å². The molecule has 1 aromatic heterocycles. The maximum atomic E-state index is 12.8. The molecule has 0 saturated heterocycles. The van der Waals surface area contributed by atoms with Gasteiger partial charge in [-0.25, -0.2) is 0 Å². The standard InChI is InChI=1S/C22H25N3O/c1-4-21-20(14-23-25(21)15-18-11-6-5-7-12-18)22(26)24-17(3)19-13-9-8-10-16(19)2/h5-14,17H,4,15H2,1-3H3,(H,24,26). The lowest BCUT2D eigenvalue weighted by Gasteiger charge is -2.16. The minimum absolute atomic E-state index is 0.0501. The summed E-state index contributed by atoms with van der Waals surface area (Å²) in [5.74, 6) is -0.0723. The van der Waals surface area contributed by atoms with E-state index in [1.165, 1.54) is 11.1 Å². The van der Waals surface area contributed by atoms with Gasteiger partial charge >= 0.3 is 0 Å². The summed E-state index contributed by atoms with van der Waals surface area (Å²) >= 11 is 0. The first-order valence-corrected chi connectivity index (χ1v) is 9.05. The maximum absolute atomic E-state index is 12.8. The Balaban J connectivity index is 1.78. The van der Waals surface area contributed by atoms with Crippen molar-refractivity contribution < 1.29 is 4.79 Å². The second kappa shape index (κ2) is 8.00. The minimum Gasteiger partial charge on any atom is -0.345 e.